The van der Waals surface area contributed by atoms with Crippen LogP contribution in [0.4, 0.5) is 0 Å². The molecule has 116 valence electrons. The maximum Gasteiger partial charge on any atom is 0.220 e. The van der Waals surface area contributed by atoms with Gasteiger partial charge in [-0.3, -0.25) is 4.79 Å². The van der Waals surface area contributed by atoms with E-state index >= 15 is 0 Å². The van der Waals surface area contributed by atoms with E-state index in [0.29, 0.717) is 13.0 Å². The molecule has 2 rings (SSSR count). The molecule has 0 aromatic heterocycles. The zero-order chi connectivity index (χ0) is 15.2. The van der Waals surface area contributed by atoms with Crippen molar-refractivity contribution in [3.63, 3.8) is 0 Å². The van der Waals surface area contributed by atoms with Gasteiger partial charge < -0.3 is 10.4 Å². The summed E-state index contributed by atoms with van der Waals surface area (Å²) in [5.41, 5.74) is 2.54. The Labute approximate surface area is 127 Å². The molecule has 1 aliphatic rings. The first-order valence-electron chi connectivity index (χ1n) is 8.13. The minimum Gasteiger partial charge on any atom is -0.393 e. The van der Waals surface area contributed by atoms with Gasteiger partial charge in [-0.2, -0.15) is 0 Å². The van der Waals surface area contributed by atoms with Gasteiger partial charge in [0.15, 0.2) is 0 Å². The second kappa shape index (κ2) is 7.60. The minimum absolute atomic E-state index is 0.0844. The number of aliphatic hydroxyl groups is 1. The summed E-state index contributed by atoms with van der Waals surface area (Å²) in [6.45, 7) is 4.84. The van der Waals surface area contributed by atoms with Crippen molar-refractivity contribution in [1.29, 1.82) is 0 Å². The Morgan fingerprint density at radius 3 is 2.62 bits per heavy atom. The van der Waals surface area contributed by atoms with Gasteiger partial charge in [0, 0.05) is 18.9 Å². The number of aliphatic hydroxyl groups excluding tert-OH is 1. The lowest BCUT2D eigenvalue weighted by atomic mass is 9.96. The van der Waals surface area contributed by atoms with E-state index in [2.05, 4.69) is 43.4 Å². The zero-order valence-corrected chi connectivity index (χ0v) is 13.1. The Balaban J connectivity index is 1.78. The fraction of sp³-hybridized carbons (Fsp3) is 0.611. The second-order valence-corrected chi connectivity index (χ2v) is 6.26. The van der Waals surface area contributed by atoms with Gasteiger partial charge in [0.1, 0.15) is 0 Å². The molecule has 3 nitrogen and oxygen atoms in total. The molecule has 1 aromatic carbocycles. The zero-order valence-electron chi connectivity index (χ0n) is 13.1. The Bertz CT molecular complexity index is 455. The molecule has 3 heteroatoms. The first kappa shape index (κ1) is 16.0. The van der Waals surface area contributed by atoms with E-state index in [1.165, 1.54) is 11.1 Å². The largest absolute Gasteiger partial charge is 0.393 e. The van der Waals surface area contributed by atoms with Crippen LogP contribution in [0.25, 0.3) is 0 Å². The van der Waals surface area contributed by atoms with Crippen molar-refractivity contribution < 1.29 is 9.90 Å². The van der Waals surface area contributed by atoms with Crippen LogP contribution in [0, 0.1) is 5.92 Å². The third-order valence-corrected chi connectivity index (χ3v) is 4.63. The molecule has 1 aliphatic carbocycles. The topological polar surface area (TPSA) is 49.3 Å². The molecule has 3 unspecified atom stereocenters. The summed E-state index contributed by atoms with van der Waals surface area (Å²) in [5, 5.41) is 12.7. The average molecular weight is 289 g/mol. The smallest absolute Gasteiger partial charge is 0.220 e. The molecule has 1 aromatic rings. The Morgan fingerprint density at radius 2 is 2.05 bits per heavy atom. The first-order valence-corrected chi connectivity index (χ1v) is 8.13. The van der Waals surface area contributed by atoms with Crippen molar-refractivity contribution in [3.05, 3.63) is 35.4 Å². The highest BCUT2D eigenvalue weighted by molar-refractivity contribution is 5.76. The van der Waals surface area contributed by atoms with E-state index in [1.807, 2.05) is 0 Å². The molecule has 0 heterocycles. The Morgan fingerprint density at radius 1 is 1.33 bits per heavy atom. The molecule has 0 aliphatic heterocycles. The predicted octanol–water partition coefficient (Wildman–Crippen LogP) is 3.02. The molecule has 2 N–H and O–H groups in total. The summed E-state index contributed by atoms with van der Waals surface area (Å²) in [6, 6.07) is 8.52. The van der Waals surface area contributed by atoms with Crippen molar-refractivity contribution in [3.8, 4) is 0 Å². The normalized spacial score (nSPS) is 23.0. The van der Waals surface area contributed by atoms with Crippen LogP contribution in [0.5, 0.6) is 0 Å². The minimum atomic E-state index is -0.232. The van der Waals surface area contributed by atoms with Crippen LogP contribution in [0.3, 0.4) is 0 Å². The van der Waals surface area contributed by atoms with Crippen LogP contribution in [0.15, 0.2) is 24.3 Å². The fourth-order valence-electron chi connectivity index (χ4n) is 3.05. The molecule has 1 fully saturated rings. The van der Waals surface area contributed by atoms with Crippen LogP contribution >= 0.6 is 0 Å². The maximum atomic E-state index is 12.0. The molecular weight excluding hydrogens is 262 g/mol. The molecular formula is C18H27NO2. The molecule has 1 amide bonds. The fourth-order valence-corrected chi connectivity index (χ4v) is 3.05. The summed E-state index contributed by atoms with van der Waals surface area (Å²) >= 11 is 0. The lowest BCUT2D eigenvalue weighted by Gasteiger charge is -2.17. The highest BCUT2D eigenvalue weighted by atomic mass is 16.3. The van der Waals surface area contributed by atoms with E-state index in [-0.39, 0.29) is 23.8 Å². The van der Waals surface area contributed by atoms with E-state index in [0.717, 1.165) is 25.7 Å². The second-order valence-electron chi connectivity index (χ2n) is 6.26. The van der Waals surface area contributed by atoms with Crippen molar-refractivity contribution in [2.45, 2.75) is 58.0 Å². The molecule has 3 atom stereocenters. The molecule has 0 radical (unpaired) electrons. The Hall–Kier alpha value is -1.35. The van der Waals surface area contributed by atoms with Gasteiger partial charge in [-0.25, -0.2) is 0 Å². The van der Waals surface area contributed by atoms with Crippen molar-refractivity contribution in [2.75, 3.05) is 6.54 Å². The van der Waals surface area contributed by atoms with E-state index < -0.39 is 0 Å². The van der Waals surface area contributed by atoms with Crippen LogP contribution in [-0.4, -0.2) is 23.7 Å². The van der Waals surface area contributed by atoms with Gasteiger partial charge in [0.05, 0.1) is 6.10 Å². The summed E-state index contributed by atoms with van der Waals surface area (Å²) in [6.07, 6.45) is 4.29. The molecule has 0 saturated heterocycles. The average Bonchev–Trinajstić information content (AvgIpc) is 2.90. The summed E-state index contributed by atoms with van der Waals surface area (Å²) in [5.74, 6) is 0.554. The standard InChI is InChI=1S/C18H27NO2/c1-3-14-7-9-15(10-8-14)13(2)11-18(21)19-12-16-5-4-6-17(16)20/h7-10,13,16-17,20H,3-6,11-12H2,1-2H3,(H,19,21). The predicted molar refractivity (Wildman–Crippen MR) is 85.2 cm³/mol. The highest BCUT2D eigenvalue weighted by Crippen LogP contribution is 2.25. The number of aryl methyl sites for hydroxylation is 1. The van der Waals surface area contributed by atoms with E-state index in [9.17, 15) is 9.90 Å². The van der Waals surface area contributed by atoms with Gasteiger partial charge in [-0.05, 0) is 36.3 Å². The van der Waals surface area contributed by atoms with Crippen molar-refractivity contribution in [1.82, 2.24) is 5.32 Å². The SMILES string of the molecule is CCc1ccc(C(C)CC(=O)NCC2CCCC2O)cc1. The summed E-state index contributed by atoms with van der Waals surface area (Å²) in [4.78, 5) is 12.0. The number of benzene rings is 1. The van der Waals surface area contributed by atoms with Gasteiger partial charge in [-0.1, -0.05) is 44.5 Å². The van der Waals surface area contributed by atoms with Gasteiger partial charge >= 0.3 is 0 Å². The van der Waals surface area contributed by atoms with Crippen molar-refractivity contribution in [2.24, 2.45) is 5.92 Å². The van der Waals surface area contributed by atoms with Crippen LogP contribution in [0.1, 0.15) is 56.6 Å². The number of nitrogens with one attached hydrogen (secondary N) is 1. The number of hydrogen-bond acceptors (Lipinski definition) is 2. The van der Waals surface area contributed by atoms with Gasteiger partial charge in [0.25, 0.3) is 0 Å². The van der Waals surface area contributed by atoms with Crippen LogP contribution in [-0.2, 0) is 11.2 Å². The molecule has 0 spiro atoms. The summed E-state index contributed by atoms with van der Waals surface area (Å²) in [7, 11) is 0. The first-order chi connectivity index (χ1) is 10.1. The monoisotopic (exact) mass is 289 g/mol. The van der Waals surface area contributed by atoms with Crippen LogP contribution in [0.2, 0.25) is 0 Å². The molecule has 21 heavy (non-hydrogen) atoms. The van der Waals surface area contributed by atoms with Gasteiger partial charge in [-0.15, -0.1) is 0 Å². The van der Waals surface area contributed by atoms with E-state index in [1.54, 1.807) is 0 Å². The number of hydrogen-bond donors (Lipinski definition) is 2. The Kier molecular flexibility index (Phi) is 5.80. The van der Waals surface area contributed by atoms with Crippen LogP contribution < -0.4 is 5.32 Å². The number of rotatable bonds is 6. The van der Waals surface area contributed by atoms with E-state index in [4.69, 9.17) is 0 Å². The molecule has 1 saturated carbocycles. The number of carbonyl (C=O) groups is 1. The quantitative estimate of drug-likeness (QED) is 0.845. The number of amides is 1. The lowest BCUT2D eigenvalue weighted by Crippen LogP contribution is -2.32. The van der Waals surface area contributed by atoms with Crippen molar-refractivity contribution >= 4 is 5.91 Å². The number of carbonyl (C=O) groups excluding carboxylic acids is 1. The lowest BCUT2D eigenvalue weighted by molar-refractivity contribution is -0.121. The third-order valence-electron chi connectivity index (χ3n) is 4.63. The van der Waals surface area contributed by atoms with Gasteiger partial charge in [0.2, 0.25) is 5.91 Å². The molecule has 0 bridgehead atoms. The third kappa shape index (κ3) is 4.57. The maximum absolute atomic E-state index is 12.0. The summed E-state index contributed by atoms with van der Waals surface area (Å²) < 4.78 is 0. The highest BCUT2D eigenvalue weighted by Gasteiger charge is 2.25.